The second kappa shape index (κ2) is 6.16. The van der Waals surface area contributed by atoms with Crippen LogP contribution < -0.4 is 0 Å². The Kier molecular flexibility index (Phi) is 5.84. The van der Waals surface area contributed by atoms with Gasteiger partial charge in [-0.2, -0.15) is 0 Å². The highest BCUT2D eigenvalue weighted by Crippen LogP contribution is 1.98. The minimum Gasteiger partial charge on any atom is -0.481 e. The minimum atomic E-state index is -0.797. The molecular formula is C8H16O3. The van der Waals surface area contributed by atoms with E-state index >= 15 is 0 Å². The Morgan fingerprint density at radius 2 is 2.27 bits per heavy atom. The molecule has 66 valence electrons. The fraction of sp³-hybridized carbons (Fsp3) is 0.875. The average molecular weight is 160 g/mol. The van der Waals surface area contributed by atoms with Crippen LogP contribution in [0.15, 0.2) is 0 Å². The van der Waals surface area contributed by atoms with Gasteiger partial charge < -0.3 is 9.84 Å². The minimum absolute atomic E-state index is 0.101. The van der Waals surface area contributed by atoms with Crippen LogP contribution in [-0.4, -0.2) is 23.8 Å². The lowest BCUT2D eigenvalue weighted by molar-refractivity contribution is -0.139. The van der Waals surface area contributed by atoms with Crippen LogP contribution in [0.4, 0.5) is 0 Å². The van der Waals surface area contributed by atoms with Crippen LogP contribution in [0, 0.1) is 0 Å². The van der Waals surface area contributed by atoms with Gasteiger partial charge >= 0.3 is 5.97 Å². The van der Waals surface area contributed by atoms with Crippen LogP contribution in [-0.2, 0) is 9.53 Å². The predicted octanol–water partition coefficient (Wildman–Crippen LogP) is 1.67. The van der Waals surface area contributed by atoms with Crippen molar-refractivity contribution < 1.29 is 14.6 Å². The van der Waals surface area contributed by atoms with Crippen molar-refractivity contribution in [3.05, 3.63) is 0 Å². The number of hydrogen-bond acceptors (Lipinski definition) is 2. The third-order valence-corrected chi connectivity index (χ3v) is 1.36. The van der Waals surface area contributed by atoms with Gasteiger partial charge in [0, 0.05) is 6.61 Å². The highest BCUT2D eigenvalue weighted by Gasteiger charge is 2.06. The monoisotopic (exact) mass is 160 g/mol. The van der Waals surface area contributed by atoms with E-state index in [4.69, 9.17) is 9.84 Å². The van der Waals surface area contributed by atoms with Crippen molar-refractivity contribution in [2.75, 3.05) is 6.61 Å². The van der Waals surface area contributed by atoms with Gasteiger partial charge in [0.15, 0.2) is 0 Å². The third-order valence-electron chi connectivity index (χ3n) is 1.36. The summed E-state index contributed by atoms with van der Waals surface area (Å²) in [5.41, 5.74) is 0. The van der Waals surface area contributed by atoms with E-state index in [0.717, 1.165) is 12.8 Å². The number of carboxylic acids is 1. The summed E-state index contributed by atoms with van der Waals surface area (Å²) < 4.78 is 5.21. The summed E-state index contributed by atoms with van der Waals surface area (Å²) in [6.45, 7) is 4.53. The maximum absolute atomic E-state index is 10.2. The molecule has 0 unspecified atom stereocenters. The van der Waals surface area contributed by atoms with E-state index in [-0.39, 0.29) is 12.5 Å². The Balaban J connectivity index is 3.22. The zero-order valence-corrected chi connectivity index (χ0v) is 7.17. The first-order valence-electron chi connectivity index (χ1n) is 4.00. The van der Waals surface area contributed by atoms with Crippen LogP contribution in [0.3, 0.4) is 0 Å². The molecule has 0 aliphatic rings. The van der Waals surface area contributed by atoms with Crippen LogP contribution in [0.25, 0.3) is 0 Å². The first kappa shape index (κ1) is 10.4. The SMILES string of the molecule is CCCCO[C@@H](C)CC(=O)O. The van der Waals surface area contributed by atoms with Gasteiger partial charge in [-0.15, -0.1) is 0 Å². The summed E-state index contributed by atoms with van der Waals surface area (Å²) >= 11 is 0. The van der Waals surface area contributed by atoms with E-state index in [1.54, 1.807) is 6.92 Å². The number of hydrogen-bond donors (Lipinski definition) is 1. The highest BCUT2D eigenvalue weighted by atomic mass is 16.5. The first-order valence-corrected chi connectivity index (χ1v) is 4.00. The van der Waals surface area contributed by atoms with E-state index in [1.807, 2.05) is 0 Å². The molecule has 0 fully saturated rings. The average Bonchev–Trinajstić information content (AvgIpc) is 1.86. The molecule has 1 N–H and O–H groups in total. The van der Waals surface area contributed by atoms with Crippen LogP contribution in [0.5, 0.6) is 0 Å². The lowest BCUT2D eigenvalue weighted by atomic mass is 10.3. The Morgan fingerprint density at radius 3 is 2.73 bits per heavy atom. The lowest BCUT2D eigenvalue weighted by Crippen LogP contribution is -2.14. The number of unbranched alkanes of at least 4 members (excludes halogenated alkanes) is 1. The summed E-state index contributed by atoms with van der Waals surface area (Å²) in [5.74, 6) is -0.797. The molecule has 0 saturated carbocycles. The molecule has 1 atom stereocenters. The summed E-state index contributed by atoms with van der Waals surface area (Å²) in [6, 6.07) is 0. The van der Waals surface area contributed by atoms with Crippen molar-refractivity contribution in [2.24, 2.45) is 0 Å². The molecule has 0 radical (unpaired) electrons. The second-order valence-corrected chi connectivity index (χ2v) is 2.63. The molecule has 0 saturated heterocycles. The lowest BCUT2D eigenvalue weighted by Gasteiger charge is -2.09. The Morgan fingerprint density at radius 1 is 1.64 bits per heavy atom. The van der Waals surface area contributed by atoms with Crippen molar-refractivity contribution >= 4 is 5.97 Å². The number of ether oxygens (including phenoxy) is 1. The Hall–Kier alpha value is -0.570. The van der Waals surface area contributed by atoms with Crippen molar-refractivity contribution in [1.29, 1.82) is 0 Å². The fourth-order valence-electron chi connectivity index (χ4n) is 0.734. The molecule has 0 bridgehead atoms. The van der Waals surface area contributed by atoms with Gasteiger partial charge in [-0.25, -0.2) is 0 Å². The molecule has 0 aliphatic heterocycles. The number of rotatable bonds is 6. The molecule has 0 aromatic heterocycles. The van der Waals surface area contributed by atoms with E-state index in [9.17, 15) is 4.79 Å². The van der Waals surface area contributed by atoms with Gasteiger partial charge in [0.1, 0.15) is 0 Å². The normalized spacial score (nSPS) is 12.9. The van der Waals surface area contributed by atoms with E-state index < -0.39 is 5.97 Å². The van der Waals surface area contributed by atoms with Crippen molar-refractivity contribution in [3.8, 4) is 0 Å². The highest BCUT2D eigenvalue weighted by molar-refractivity contribution is 5.67. The van der Waals surface area contributed by atoms with Gasteiger partial charge in [0.05, 0.1) is 12.5 Å². The summed E-state index contributed by atoms with van der Waals surface area (Å²) in [4.78, 5) is 10.2. The predicted molar refractivity (Wildman–Crippen MR) is 42.6 cm³/mol. The molecule has 0 rings (SSSR count). The topological polar surface area (TPSA) is 46.5 Å². The first-order chi connectivity index (χ1) is 5.16. The second-order valence-electron chi connectivity index (χ2n) is 2.63. The molecule has 0 spiro atoms. The largest absolute Gasteiger partial charge is 0.481 e. The molecular weight excluding hydrogens is 144 g/mol. The zero-order valence-electron chi connectivity index (χ0n) is 7.17. The molecule has 0 amide bonds. The third kappa shape index (κ3) is 7.33. The maximum atomic E-state index is 10.2. The molecule has 11 heavy (non-hydrogen) atoms. The van der Waals surface area contributed by atoms with Gasteiger partial charge in [-0.1, -0.05) is 13.3 Å². The number of aliphatic carboxylic acids is 1. The summed E-state index contributed by atoms with van der Waals surface area (Å²) in [7, 11) is 0. The number of carbonyl (C=O) groups is 1. The number of carboxylic acid groups (broad SMARTS) is 1. The van der Waals surface area contributed by atoms with Crippen LogP contribution in [0.2, 0.25) is 0 Å². The van der Waals surface area contributed by atoms with Gasteiger partial charge in [0.2, 0.25) is 0 Å². The van der Waals surface area contributed by atoms with Crippen molar-refractivity contribution in [1.82, 2.24) is 0 Å². The Bertz CT molecular complexity index is 112. The quantitative estimate of drug-likeness (QED) is 0.601. The molecule has 0 aromatic carbocycles. The maximum Gasteiger partial charge on any atom is 0.305 e. The molecule has 0 heterocycles. The van der Waals surface area contributed by atoms with Gasteiger partial charge in [0.25, 0.3) is 0 Å². The summed E-state index contributed by atoms with van der Waals surface area (Å²) in [5, 5.41) is 8.36. The van der Waals surface area contributed by atoms with Crippen molar-refractivity contribution in [3.63, 3.8) is 0 Å². The van der Waals surface area contributed by atoms with E-state index in [2.05, 4.69) is 6.92 Å². The van der Waals surface area contributed by atoms with E-state index in [0.29, 0.717) is 6.61 Å². The Labute approximate surface area is 67.4 Å². The summed E-state index contributed by atoms with van der Waals surface area (Å²) in [6.07, 6.45) is 2.03. The zero-order chi connectivity index (χ0) is 8.69. The van der Waals surface area contributed by atoms with Crippen LogP contribution in [0.1, 0.15) is 33.1 Å². The van der Waals surface area contributed by atoms with Crippen LogP contribution >= 0.6 is 0 Å². The molecule has 3 nitrogen and oxygen atoms in total. The smallest absolute Gasteiger partial charge is 0.305 e. The molecule has 0 aliphatic carbocycles. The van der Waals surface area contributed by atoms with E-state index in [1.165, 1.54) is 0 Å². The van der Waals surface area contributed by atoms with Crippen molar-refractivity contribution in [2.45, 2.75) is 39.2 Å². The molecule has 3 heteroatoms. The fourth-order valence-corrected chi connectivity index (χ4v) is 0.734. The van der Waals surface area contributed by atoms with Gasteiger partial charge in [-0.3, -0.25) is 4.79 Å². The standard InChI is InChI=1S/C8H16O3/c1-3-4-5-11-7(2)6-8(9)10/h7H,3-6H2,1-2H3,(H,9,10)/t7-/m0/s1. The molecule has 0 aromatic rings. The van der Waals surface area contributed by atoms with Gasteiger partial charge in [-0.05, 0) is 13.3 Å².